The smallest absolute Gasteiger partial charge is 0.205 e. The number of carbonyl (C=O) groups is 1. The van der Waals surface area contributed by atoms with Crippen LogP contribution in [-0.2, 0) is 0 Å². The molecule has 0 saturated heterocycles. The number of methoxy groups -OCH3 is 2. The zero-order valence-electron chi connectivity index (χ0n) is 18.4. The Bertz CT molecular complexity index is 1310. The first-order valence-corrected chi connectivity index (χ1v) is 9.83. The Labute approximate surface area is 184 Å². The Kier molecular flexibility index (Phi) is 5.21. The molecule has 3 N–H and O–H groups in total. The highest BCUT2D eigenvalue weighted by atomic mass is 16.5. The summed E-state index contributed by atoms with van der Waals surface area (Å²) in [6.07, 6.45) is 2.97. The van der Waals surface area contributed by atoms with Crippen LogP contribution in [0.1, 0.15) is 31.4 Å². The summed E-state index contributed by atoms with van der Waals surface area (Å²) in [4.78, 5) is 30.5. The van der Waals surface area contributed by atoms with E-state index in [0.717, 1.165) is 5.56 Å². The molecule has 0 aliphatic carbocycles. The van der Waals surface area contributed by atoms with Gasteiger partial charge in [0.15, 0.2) is 28.8 Å². The molecule has 4 aromatic rings. The third kappa shape index (κ3) is 3.59. The van der Waals surface area contributed by atoms with Gasteiger partial charge in [0.1, 0.15) is 12.0 Å². The van der Waals surface area contributed by atoms with E-state index in [2.05, 4.69) is 30.1 Å². The number of Topliss-reactive ketones (excluding diaryl/α,β-unsaturated/α-hetero) is 1. The van der Waals surface area contributed by atoms with E-state index in [4.69, 9.17) is 15.2 Å². The fourth-order valence-electron chi connectivity index (χ4n) is 3.28. The summed E-state index contributed by atoms with van der Waals surface area (Å²) in [5, 5.41) is 7.17. The number of carbonyl (C=O) groups excluding carboxylic acids is 1. The monoisotopic (exact) mass is 433 g/mol. The van der Waals surface area contributed by atoms with Crippen molar-refractivity contribution in [1.82, 2.24) is 30.1 Å². The number of ether oxygens (including phenoxy) is 2. The van der Waals surface area contributed by atoms with E-state index in [1.54, 1.807) is 47.3 Å². The molecule has 0 saturated carbocycles. The molecule has 1 aromatic carbocycles. The topological polar surface area (TPSA) is 142 Å². The van der Waals surface area contributed by atoms with Gasteiger partial charge >= 0.3 is 0 Å². The number of aromatic amines is 1. The van der Waals surface area contributed by atoms with Gasteiger partial charge in [-0.2, -0.15) is 5.10 Å². The number of ketones is 1. The Morgan fingerprint density at radius 1 is 1.06 bits per heavy atom. The number of aromatic nitrogens is 6. The van der Waals surface area contributed by atoms with Crippen molar-refractivity contribution in [2.75, 3.05) is 20.0 Å². The number of nitrogens with zero attached hydrogens (tertiary/aromatic N) is 5. The first-order valence-electron chi connectivity index (χ1n) is 9.83. The minimum absolute atomic E-state index is 0.0437. The number of H-pyrrole nitrogens is 1. The van der Waals surface area contributed by atoms with Gasteiger partial charge in [-0.1, -0.05) is 26.8 Å². The Morgan fingerprint density at radius 3 is 2.44 bits per heavy atom. The summed E-state index contributed by atoms with van der Waals surface area (Å²) in [6, 6.07) is 5.45. The first kappa shape index (κ1) is 21.2. The van der Waals surface area contributed by atoms with Gasteiger partial charge in [-0.25, -0.2) is 19.9 Å². The van der Waals surface area contributed by atoms with Gasteiger partial charge < -0.3 is 15.2 Å². The van der Waals surface area contributed by atoms with E-state index in [-0.39, 0.29) is 11.6 Å². The zero-order chi connectivity index (χ0) is 23.0. The van der Waals surface area contributed by atoms with Crippen molar-refractivity contribution >= 4 is 22.5 Å². The summed E-state index contributed by atoms with van der Waals surface area (Å²) >= 11 is 0. The van der Waals surface area contributed by atoms with Crippen LogP contribution in [0, 0.1) is 5.41 Å². The van der Waals surface area contributed by atoms with E-state index in [0.29, 0.717) is 45.3 Å². The molecule has 10 nitrogen and oxygen atoms in total. The maximum atomic E-state index is 12.9. The highest BCUT2D eigenvalue weighted by Crippen LogP contribution is 2.38. The molecule has 0 amide bonds. The molecule has 0 unspecified atom stereocenters. The molecule has 0 spiro atoms. The second-order valence-electron chi connectivity index (χ2n) is 8.16. The minimum atomic E-state index is -0.669. The molecular formula is C22H23N7O3. The highest BCUT2D eigenvalue weighted by molar-refractivity contribution is 6.06. The number of nitrogen functional groups attached to an aromatic ring is 1. The van der Waals surface area contributed by atoms with Gasteiger partial charge in [-0.3, -0.25) is 9.89 Å². The Morgan fingerprint density at radius 2 is 1.81 bits per heavy atom. The fraction of sp³-hybridized carbons (Fsp3) is 0.273. The summed E-state index contributed by atoms with van der Waals surface area (Å²) in [5.41, 5.74) is 8.38. The van der Waals surface area contributed by atoms with Crippen molar-refractivity contribution in [1.29, 1.82) is 0 Å². The van der Waals surface area contributed by atoms with Gasteiger partial charge in [-0.15, -0.1) is 0 Å². The van der Waals surface area contributed by atoms with Crippen LogP contribution in [0.15, 0.2) is 30.7 Å². The zero-order valence-corrected chi connectivity index (χ0v) is 18.4. The molecule has 0 radical (unpaired) electrons. The van der Waals surface area contributed by atoms with Crippen LogP contribution in [0.3, 0.4) is 0 Å². The molecular weight excluding hydrogens is 410 g/mol. The summed E-state index contributed by atoms with van der Waals surface area (Å²) < 4.78 is 10.7. The predicted octanol–water partition coefficient (Wildman–Crippen LogP) is 3.31. The van der Waals surface area contributed by atoms with Crippen LogP contribution in [0.5, 0.6) is 11.5 Å². The third-order valence-electron chi connectivity index (χ3n) is 4.98. The number of hydrogen-bond acceptors (Lipinski definition) is 9. The molecule has 0 bridgehead atoms. The number of fused-ring (bicyclic) bond motifs is 1. The van der Waals surface area contributed by atoms with E-state index >= 15 is 0 Å². The maximum absolute atomic E-state index is 12.9. The Hall–Kier alpha value is -4.08. The van der Waals surface area contributed by atoms with Gasteiger partial charge in [0.25, 0.3) is 0 Å². The normalized spacial score (nSPS) is 11.5. The number of hydrogen-bond donors (Lipinski definition) is 2. The van der Waals surface area contributed by atoms with Crippen molar-refractivity contribution in [3.63, 3.8) is 0 Å². The van der Waals surface area contributed by atoms with Gasteiger partial charge in [0, 0.05) is 17.2 Å². The summed E-state index contributed by atoms with van der Waals surface area (Å²) in [6.45, 7) is 5.41. The molecule has 3 heterocycles. The van der Waals surface area contributed by atoms with E-state index in [9.17, 15) is 4.79 Å². The number of anilines is 1. The lowest BCUT2D eigenvalue weighted by Gasteiger charge is -2.17. The predicted molar refractivity (Wildman–Crippen MR) is 119 cm³/mol. The lowest BCUT2D eigenvalue weighted by Crippen LogP contribution is -2.23. The van der Waals surface area contributed by atoms with Gasteiger partial charge in [0.05, 0.1) is 25.3 Å². The molecule has 164 valence electrons. The summed E-state index contributed by atoms with van der Waals surface area (Å²) in [7, 11) is 3.13. The standard InChI is InChI=1S/C22H23N7O3/c1-22(2,3)18(30)21-27-17(20-25-10-26-29-20)15-16(23)12(9-24-19(15)28-21)11-6-7-13(31-4)14(8-11)32-5/h6-10H,1-5H3,(H,25,26,29)(H2,23,24,27,28). The van der Waals surface area contributed by atoms with Crippen LogP contribution in [0.2, 0.25) is 0 Å². The first-order chi connectivity index (χ1) is 15.2. The van der Waals surface area contributed by atoms with Crippen molar-refractivity contribution in [2.45, 2.75) is 20.8 Å². The molecule has 0 aliphatic rings. The van der Waals surface area contributed by atoms with E-state index in [1.165, 1.54) is 6.33 Å². The molecule has 3 aromatic heterocycles. The third-order valence-corrected chi connectivity index (χ3v) is 4.98. The fourth-order valence-corrected chi connectivity index (χ4v) is 3.28. The second-order valence-corrected chi connectivity index (χ2v) is 8.16. The summed E-state index contributed by atoms with van der Waals surface area (Å²) in [5.74, 6) is 1.34. The average Bonchev–Trinajstić information content (AvgIpc) is 3.32. The van der Waals surface area contributed by atoms with E-state index in [1.807, 2.05) is 12.1 Å². The number of nitrogens with one attached hydrogen (secondary N) is 1. The van der Waals surface area contributed by atoms with Gasteiger partial charge in [0.2, 0.25) is 5.78 Å². The molecule has 0 atom stereocenters. The maximum Gasteiger partial charge on any atom is 0.205 e. The van der Waals surface area contributed by atoms with Crippen molar-refractivity contribution < 1.29 is 14.3 Å². The van der Waals surface area contributed by atoms with E-state index < -0.39 is 5.41 Å². The Balaban J connectivity index is 1.98. The van der Waals surface area contributed by atoms with Crippen LogP contribution < -0.4 is 15.2 Å². The van der Waals surface area contributed by atoms with Crippen LogP contribution >= 0.6 is 0 Å². The second kappa shape index (κ2) is 7.88. The van der Waals surface area contributed by atoms with Crippen LogP contribution in [-0.4, -0.2) is 50.1 Å². The minimum Gasteiger partial charge on any atom is -0.493 e. The quantitative estimate of drug-likeness (QED) is 0.453. The largest absolute Gasteiger partial charge is 0.493 e. The van der Waals surface area contributed by atoms with Crippen molar-refractivity contribution in [2.24, 2.45) is 5.41 Å². The SMILES string of the molecule is COc1ccc(-c2cnc3nc(C(=O)C(C)(C)C)nc(-c4ncn[nH]4)c3c2N)cc1OC. The molecule has 0 aliphatic heterocycles. The molecule has 4 rings (SSSR count). The molecule has 32 heavy (non-hydrogen) atoms. The van der Waals surface area contributed by atoms with Crippen molar-refractivity contribution in [3.05, 3.63) is 36.5 Å². The number of benzene rings is 1. The lowest BCUT2D eigenvalue weighted by atomic mass is 9.90. The van der Waals surface area contributed by atoms with Crippen LogP contribution in [0.25, 0.3) is 33.7 Å². The van der Waals surface area contributed by atoms with Crippen LogP contribution in [0.4, 0.5) is 5.69 Å². The molecule has 0 fully saturated rings. The van der Waals surface area contributed by atoms with Gasteiger partial charge in [-0.05, 0) is 17.7 Å². The highest BCUT2D eigenvalue weighted by Gasteiger charge is 2.28. The average molecular weight is 433 g/mol. The number of pyridine rings is 1. The lowest BCUT2D eigenvalue weighted by molar-refractivity contribution is 0.0847. The molecule has 10 heteroatoms. The number of nitrogens with two attached hydrogens (primary N) is 1. The van der Waals surface area contributed by atoms with Crippen molar-refractivity contribution in [3.8, 4) is 34.1 Å². The number of rotatable bonds is 5.